The van der Waals surface area contributed by atoms with E-state index in [4.69, 9.17) is 9.15 Å². The van der Waals surface area contributed by atoms with E-state index in [1.165, 1.54) is 0 Å². The molecule has 6 nitrogen and oxygen atoms in total. The molecule has 1 unspecified atom stereocenters. The molecule has 4 rings (SSSR count). The highest BCUT2D eigenvalue weighted by atomic mass is 16.5. The summed E-state index contributed by atoms with van der Waals surface area (Å²) in [6.07, 6.45) is 0. The zero-order valence-electron chi connectivity index (χ0n) is 16.4. The Bertz CT molecular complexity index is 1120. The summed E-state index contributed by atoms with van der Waals surface area (Å²) in [5, 5.41) is 3.95. The number of imidazole rings is 1. The third-order valence-corrected chi connectivity index (χ3v) is 5.01. The Labute approximate surface area is 162 Å². The van der Waals surface area contributed by atoms with Crippen LogP contribution in [0.1, 0.15) is 41.8 Å². The lowest BCUT2D eigenvalue weighted by atomic mass is 10.0. The smallest absolute Gasteiger partial charge is 0.287 e. The first-order chi connectivity index (χ1) is 13.5. The Morgan fingerprint density at radius 1 is 1.21 bits per heavy atom. The average Bonchev–Trinajstić information content (AvgIpc) is 3.26. The van der Waals surface area contributed by atoms with Gasteiger partial charge < -0.3 is 19.5 Å². The number of methoxy groups -OCH3 is 1. The number of H-pyrrole nitrogens is 1. The van der Waals surface area contributed by atoms with Gasteiger partial charge in [0.2, 0.25) is 0 Å². The highest BCUT2D eigenvalue weighted by molar-refractivity contribution is 5.99. The van der Waals surface area contributed by atoms with E-state index in [0.717, 1.165) is 33.6 Å². The largest absolute Gasteiger partial charge is 0.497 e. The normalized spacial score (nSPS) is 12.6. The summed E-state index contributed by atoms with van der Waals surface area (Å²) in [6, 6.07) is 13.1. The molecule has 1 amide bonds. The molecule has 0 saturated carbocycles. The van der Waals surface area contributed by atoms with E-state index < -0.39 is 0 Å². The Balaban J connectivity index is 1.67. The third kappa shape index (κ3) is 3.11. The minimum atomic E-state index is -0.262. The molecule has 0 bridgehead atoms. The van der Waals surface area contributed by atoms with Crippen LogP contribution in [0.2, 0.25) is 0 Å². The van der Waals surface area contributed by atoms with Gasteiger partial charge in [-0.25, -0.2) is 4.98 Å². The lowest BCUT2D eigenvalue weighted by Gasteiger charge is -2.19. The first-order valence-electron chi connectivity index (χ1n) is 9.30. The quantitative estimate of drug-likeness (QED) is 0.526. The van der Waals surface area contributed by atoms with Gasteiger partial charge >= 0.3 is 0 Å². The molecule has 0 spiro atoms. The fourth-order valence-corrected chi connectivity index (χ4v) is 3.42. The second-order valence-electron chi connectivity index (χ2n) is 7.25. The summed E-state index contributed by atoms with van der Waals surface area (Å²) in [5.74, 6) is 1.66. The minimum Gasteiger partial charge on any atom is -0.497 e. The van der Waals surface area contributed by atoms with Crippen molar-refractivity contribution in [1.29, 1.82) is 0 Å². The number of rotatable bonds is 5. The van der Waals surface area contributed by atoms with Crippen molar-refractivity contribution in [3.63, 3.8) is 0 Å². The van der Waals surface area contributed by atoms with Gasteiger partial charge in [0.15, 0.2) is 5.76 Å². The van der Waals surface area contributed by atoms with E-state index in [2.05, 4.69) is 29.1 Å². The van der Waals surface area contributed by atoms with E-state index >= 15 is 0 Å². The number of ether oxygens (including phenoxy) is 1. The predicted octanol–water partition coefficient (Wildman–Crippen LogP) is 4.75. The van der Waals surface area contributed by atoms with Crippen LogP contribution in [0, 0.1) is 12.8 Å². The fourth-order valence-electron chi connectivity index (χ4n) is 3.42. The van der Waals surface area contributed by atoms with Crippen molar-refractivity contribution in [3.8, 4) is 5.75 Å². The van der Waals surface area contributed by atoms with E-state index in [1.54, 1.807) is 7.11 Å². The summed E-state index contributed by atoms with van der Waals surface area (Å²) in [7, 11) is 1.62. The Hall–Kier alpha value is -3.28. The van der Waals surface area contributed by atoms with E-state index in [0.29, 0.717) is 11.3 Å². The van der Waals surface area contributed by atoms with Gasteiger partial charge in [0, 0.05) is 10.9 Å². The second kappa shape index (κ2) is 7.03. The summed E-state index contributed by atoms with van der Waals surface area (Å²) < 4.78 is 11.1. The van der Waals surface area contributed by atoms with Crippen molar-refractivity contribution < 1.29 is 13.9 Å². The lowest BCUT2D eigenvalue weighted by Crippen LogP contribution is -2.32. The maximum Gasteiger partial charge on any atom is 0.287 e. The zero-order chi connectivity index (χ0) is 19.8. The van der Waals surface area contributed by atoms with Crippen molar-refractivity contribution in [2.45, 2.75) is 26.8 Å². The van der Waals surface area contributed by atoms with Gasteiger partial charge in [0.05, 0.1) is 24.2 Å². The van der Waals surface area contributed by atoms with E-state index in [-0.39, 0.29) is 17.9 Å². The fraction of sp³-hybridized carbons (Fsp3) is 0.273. The number of aromatic amines is 1. The number of carbonyl (C=O) groups excluding carboxylic acids is 1. The number of nitrogens with zero attached hydrogens (tertiary/aromatic N) is 1. The van der Waals surface area contributed by atoms with Gasteiger partial charge in [-0.1, -0.05) is 26.0 Å². The summed E-state index contributed by atoms with van der Waals surface area (Å²) in [6.45, 7) is 5.98. The van der Waals surface area contributed by atoms with Crippen molar-refractivity contribution in [1.82, 2.24) is 15.3 Å². The molecule has 0 saturated heterocycles. The minimum absolute atomic E-state index is 0.147. The van der Waals surface area contributed by atoms with Crippen LogP contribution in [-0.4, -0.2) is 23.0 Å². The molecule has 0 aliphatic carbocycles. The van der Waals surface area contributed by atoms with E-state index in [9.17, 15) is 4.79 Å². The van der Waals surface area contributed by atoms with Gasteiger partial charge in [0.25, 0.3) is 5.91 Å². The number of carbonyl (C=O) groups is 1. The van der Waals surface area contributed by atoms with Gasteiger partial charge in [-0.3, -0.25) is 4.79 Å². The van der Waals surface area contributed by atoms with Gasteiger partial charge in [0.1, 0.15) is 17.2 Å². The van der Waals surface area contributed by atoms with Gasteiger partial charge in [-0.15, -0.1) is 0 Å². The molecule has 0 radical (unpaired) electrons. The number of fused-ring (bicyclic) bond motifs is 2. The molecule has 2 N–H and O–H groups in total. The van der Waals surface area contributed by atoms with Crippen LogP contribution < -0.4 is 10.1 Å². The van der Waals surface area contributed by atoms with Gasteiger partial charge in [-0.05, 0) is 43.2 Å². The summed E-state index contributed by atoms with van der Waals surface area (Å²) in [5.41, 5.74) is 3.28. The standard InChI is InChI=1S/C22H23N3O3/c1-12(2)19(21-23-16-7-5-6-8-17(16)24-21)25-22(26)20-13(3)15-11-14(27-4)9-10-18(15)28-20/h5-12,19H,1-4H3,(H,23,24)(H,25,26). The highest BCUT2D eigenvalue weighted by Gasteiger charge is 2.25. The molecular weight excluding hydrogens is 354 g/mol. The first-order valence-corrected chi connectivity index (χ1v) is 9.30. The molecule has 28 heavy (non-hydrogen) atoms. The zero-order valence-corrected chi connectivity index (χ0v) is 16.4. The molecule has 2 heterocycles. The van der Waals surface area contributed by atoms with Crippen LogP contribution in [0.4, 0.5) is 0 Å². The molecule has 2 aromatic carbocycles. The monoisotopic (exact) mass is 377 g/mol. The predicted molar refractivity (Wildman–Crippen MR) is 109 cm³/mol. The molecule has 2 aromatic heterocycles. The average molecular weight is 377 g/mol. The van der Waals surface area contributed by atoms with Crippen LogP contribution in [0.15, 0.2) is 46.9 Å². The summed E-state index contributed by atoms with van der Waals surface area (Å²) in [4.78, 5) is 21.0. The Morgan fingerprint density at radius 2 is 2.00 bits per heavy atom. The number of amides is 1. The first kappa shape index (κ1) is 18.1. The van der Waals surface area contributed by atoms with Crippen molar-refractivity contribution in [2.75, 3.05) is 7.11 Å². The number of aryl methyl sites for hydroxylation is 1. The van der Waals surface area contributed by atoms with Crippen molar-refractivity contribution in [3.05, 3.63) is 59.6 Å². The third-order valence-electron chi connectivity index (χ3n) is 5.01. The maximum absolute atomic E-state index is 13.0. The Morgan fingerprint density at radius 3 is 2.71 bits per heavy atom. The lowest BCUT2D eigenvalue weighted by molar-refractivity contribution is 0.0896. The molecule has 0 aliphatic heterocycles. The molecular formula is C22H23N3O3. The van der Waals surface area contributed by atoms with E-state index in [1.807, 2.05) is 49.4 Å². The number of aromatic nitrogens is 2. The molecule has 144 valence electrons. The molecule has 0 aliphatic rings. The van der Waals surface area contributed by atoms with Gasteiger partial charge in [-0.2, -0.15) is 0 Å². The summed E-state index contributed by atoms with van der Waals surface area (Å²) >= 11 is 0. The number of nitrogens with one attached hydrogen (secondary N) is 2. The number of hydrogen-bond acceptors (Lipinski definition) is 4. The number of furan rings is 1. The topological polar surface area (TPSA) is 80.2 Å². The molecule has 6 heteroatoms. The molecule has 1 atom stereocenters. The van der Waals surface area contributed by atoms with Crippen molar-refractivity contribution in [2.24, 2.45) is 5.92 Å². The van der Waals surface area contributed by atoms with Crippen LogP contribution in [0.3, 0.4) is 0 Å². The van der Waals surface area contributed by atoms with Crippen molar-refractivity contribution >= 4 is 27.9 Å². The maximum atomic E-state index is 13.0. The van der Waals surface area contributed by atoms with Crippen LogP contribution >= 0.6 is 0 Å². The number of benzene rings is 2. The van der Waals surface area contributed by atoms with Crippen LogP contribution in [0.25, 0.3) is 22.0 Å². The Kier molecular flexibility index (Phi) is 4.55. The van der Waals surface area contributed by atoms with Crippen LogP contribution in [0.5, 0.6) is 5.75 Å². The second-order valence-corrected chi connectivity index (χ2v) is 7.25. The molecule has 4 aromatic rings. The highest BCUT2D eigenvalue weighted by Crippen LogP contribution is 2.30. The number of hydrogen-bond donors (Lipinski definition) is 2. The van der Waals surface area contributed by atoms with Crippen LogP contribution in [-0.2, 0) is 0 Å². The number of para-hydroxylation sites is 2. The molecule has 0 fully saturated rings. The SMILES string of the molecule is COc1ccc2oc(C(=O)NC(c3nc4ccccc4[nH]3)C(C)C)c(C)c2c1.